The van der Waals surface area contributed by atoms with Crippen LogP contribution in [0, 0.1) is 18.3 Å². The van der Waals surface area contributed by atoms with Gasteiger partial charge in [0.15, 0.2) is 11.5 Å². The van der Waals surface area contributed by atoms with Crippen LogP contribution < -0.4 is 20.6 Å². The molecule has 7 nitrogen and oxygen atoms in total. The Morgan fingerprint density at radius 1 is 1.50 bits per heavy atom. The van der Waals surface area contributed by atoms with Gasteiger partial charge in [-0.1, -0.05) is 0 Å². The van der Waals surface area contributed by atoms with Crippen LogP contribution in [0.3, 0.4) is 0 Å². The number of nitrogens with one attached hydrogen (secondary N) is 1. The van der Waals surface area contributed by atoms with E-state index in [0.717, 1.165) is 21.4 Å². The van der Waals surface area contributed by atoms with E-state index in [1.165, 1.54) is 6.21 Å². The third kappa shape index (κ3) is 2.93. The number of benzene rings is 1. The average molecular weight is 407 g/mol. The lowest BCUT2D eigenvalue weighted by Gasteiger charge is -2.02. The number of hydrazone groups is 1. The molecule has 3 rings (SSSR count). The van der Waals surface area contributed by atoms with Gasteiger partial charge in [0.1, 0.15) is 15.9 Å². The highest BCUT2D eigenvalue weighted by Gasteiger charge is 2.18. The van der Waals surface area contributed by atoms with Crippen LogP contribution in [0.4, 0.5) is 5.00 Å². The molecule has 9 heteroatoms. The van der Waals surface area contributed by atoms with E-state index in [9.17, 15) is 4.79 Å². The van der Waals surface area contributed by atoms with Gasteiger partial charge in [-0.3, -0.25) is 4.79 Å². The molecule has 1 amide bonds. The number of anilines is 1. The topological polar surface area (TPSA) is 110 Å². The first-order valence-corrected chi connectivity index (χ1v) is 8.33. The van der Waals surface area contributed by atoms with E-state index in [1.807, 2.05) is 6.07 Å². The third-order valence-corrected chi connectivity index (χ3v) is 5.16. The summed E-state index contributed by atoms with van der Waals surface area (Å²) >= 11 is 4.47. The lowest BCUT2D eigenvalue weighted by atomic mass is 10.2. The molecule has 0 radical (unpaired) electrons. The van der Waals surface area contributed by atoms with Gasteiger partial charge in [0.05, 0.1) is 11.8 Å². The number of hydrogen-bond donors (Lipinski definition) is 2. The SMILES string of the molecule is Cc1c(C(=O)NN=Cc2cc3c(cc2Br)OCO3)sc(N)c1C#N. The van der Waals surface area contributed by atoms with E-state index in [-0.39, 0.29) is 6.79 Å². The zero-order valence-corrected chi connectivity index (χ0v) is 14.8. The van der Waals surface area contributed by atoms with Gasteiger partial charge in [0, 0.05) is 10.0 Å². The van der Waals surface area contributed by atoms with Crippen molar-refractivity contribution < 1.29 is 14.3 Å². The van der Waals surface area contributed by atoms with Gasteiger partial charge in [-0.2, -0.15) is 10.4 Å². The first-order chi connectivity index (χ1) is 11.5. The molecule has 0 fully saturated rings. The van der Waals surface area contributed by atoms with E-state index in [2.05, 4.69) is 26.5 Å². The summed E-state index contributed by atoms with van der Waals surface area (Å²) in [5.41, 5.74) is 9.76. The number of amides is 1. The number of hydrogen-bond acceptors (Lipinski definition) is 7. The highest BCUT2D eigenvalue weighted by Crippen LogP contribution is 2.36. The molecule has 1 aromatic heterocycles. The van der Waals surface area contributed by atoms with E-state index < -0.39 is 5.91 Å². The molecule has 1 aromatic carbocycles. The highest BCUT2D eigenvalue weighted by molar-refractivity contribution is 9.10. The number of halogens is 1. The largest absolute Gasteiger partial charge is 0.454 e. The number of nitrogens with two attached hydrogens (primary N) is 1. The van der Waals surface area contributed by atoms with E-state index in [0.29, 0.717) is 32.5 Å². The average Bonchev–Trinajstić information content (AvgIpc) is 3.11. The molecule has 0 spiro atoms. The maximum Gasteiger partial charge on any atom is 0.281 e. The summed E-state index contributed by atoms with van der Waals surface area (Å²) in [6.45, 7) is 1.86. The molecule has 122 valence electrons. The van der Waals surface area contributed by atoms with Crippen molar-refractivity contribution in [1.29, 1.82) is 5.26 Å². The van der Waals surface area contributed by atoms with Gasteiger partial charge in [-0.25, -0.2) is 5.43 Å². The van der Waals surface area contributed by atoms with Crippen LogP contribution in [0.25, 0.3) is 0 Å². The summed E-state index contributed by atoms with van der Waals surface area (Å²) in [6.07, 6.45) is 1.49. The zero-order valence-electron chi connectivity index (χ0n) is 12.4. The third-order valence-electron chi connectivity index (χ3n) is 3.35. The van der Waals surface area contributed by atoms with Gasteiger partial charge >= 0.3 is 0 Å². The Hall–Kier alpha value is -2.57. The molecule has 0 saturated heterocycles. The van der Waals surface area contributed by atoms with Crippen LogP contribution in [0.5, 0.6) is 11.5 Å². The molecule has 0 saturated carbocycles. The van der Waals surface area contributed by atoms with Crippen molar-refractivity contribution in [2.75, 3.05) is 12.5 Å². The molecule has 0 atom stereocenters. The monoisotopic (exact) mass is 406 g/mol. The van der Waals surface area contributed by atoms with Crippen LogP contribution in [0.2, 0.25) is 0 Å². The summed E-state index contributed by atoms with van der Waals surface area (Å²) < 4.78 is 11.3. The minimum Gasteiger partial charge on any atom is -0.454 e. The van der Waals surface area contributed by atoms with Crippen molar-refractivity contribution in [3.8, 4) is 17.6 Å². The molecule has 0 aliphatic carbocycles. The van der Waals surface area contributed by atoms with Crippen LogP contribution in [-0.4, -0.2) is 18.9 Å². The molecule has 1 aliphatic heterocycles. The molecule has 0 unspecified atom stereocenters. The number of ether oxygens (including phenoxy) is 2. The quantitative estimate of drug-likeness (QED) is 0.601. The highest BCUT2D eigenvalue weighted by atomic mass is 79.9. The van der Waals surface area contributed by atoms with Gasteiger partial charge < -0.3 is 15.2 Å². The van der Waals surface area contributed by atoms with Crippen LogP contribution in [0.1, 0.15) is 26.4 Å². The molecular weight excluding hydrogens is 396 g/mol. The minimum absolute atomic E-state index is 0.180. The van der Waals surface area contributed by atoms with Crippen LogP contribution in [0.15, 0.2) is 21.7 Å². The second-order valence-electron chi connectivity index (χ2n) is 4.83. The Morgan fingerprint density at radius 3 is 2.88 bits per heavy atom. The van der Waals surface area contributed by atoms with Crippen molar-refractivity contribution >= 4 is 44.4 Å². The minimum atomic E-state index is -0.418. The molecule has 3 N–H and O–H groups in total. The summed E-state index contributed by atoms with van der Waals surface area (Å²) in [6, 6.07) is 5.51. The van der Waals surface area contributed by atoms with Crippen molar-refractivity contribution in [3.05, 3.63) is 38.2 Å². The molecular formula is C15H11BrN4O3S. The number of nitrogen functional groups attached to an aromatic ring is 1. The first-order valence-electron chi connectivity index (χ1n) is 6.72. The first kappa shape index (κ1) is 16.3. The predicted octanol–water partition coefficient (Wildman–Crippen LogP) is 2.77. The van der Waals surface area contributed by atoms with Crippen molar-refractivity contribution in [2.24, 2.45) is 5.10 Å². The van der Waals surface area contributed by atoms with Crippen LogP contribution >= 0.6 is 27.3 Å². The van der Waals surface area contributed by atoms with Gasteiger partial charge in [0.2, 0.25) is 6.79 Å². The van der Waals surface area contributed by atoms with Crippen molar-refractivity contribution in [1.82, 2.24) is 5.43 Å². The summed E-state index contributed by atoms with van der Waals surface area (Å²) in [5.74, 6) is 0.849. The normalized spacial score (nSPS) is 12.4. The fourth-order valence-electron chi connectivity index (χ4n) is 2.13. The van der Waals surface area contributed by atoms with E-state index in [4.69, 9.17) is 20.5 Å². The van der Waals surface area contributed by atoms with Crippen LogP contribution in [-0.2, 0) is 0 Å². The maximum absolute atomic E-state index is 12.2. The van der Waals surface area contributed by atoms with E-state index >= 15 is 0 Å². The standard InChI is InChI=1S/C15H11BrN4O3S/c1-7-9(4-17)14(18)24-13(7)15(21)20-19-5-8-2-11-12(3-10(8)16)23-6-22-11/h2-3,5H,6,18H2,1H3,(H,20,21). The smallest absolute Gasteiger partial charge is 0.281 e. The number of thiophene rings is 1. The fourth-order valence-corrected chi connectivity index (χ4v) is 3.47. The second-order valence-corrected chi connectivity index (χ2v) is 6.74. The zero-order chi connectivity index (χ0) is 17.3. The molecule has 24 heavy (non-hydrogen) atoms. The number of fused-ring (bicyclic) bond motifs is 1. The summed E-state index contributed by atoms with van der Waals surface area (Å²) in [5, 5.41) is 13.3. The molecule has 2 heterocycles. The number of nitrogens with zero attached hydrogens (tertiary/aromatic N) is 2. The summed E-state index contributed by atoms with van der Waals surface area (Å²) in [7, 11) is 0. The molecule has 1 aliphatic rings. The Balaban J connectivity index is 1.75. The number of rotatable bonds is 3. The fraction of sp³-hybridized carbons (Fsp3) is 0.133. The number of carbonyl (C=O) groups excluding carboxylic acids is 1. The van der Waals surface area contributed by atoms with Crippen molar-refractivity contribution in [2.45, 2.75) is 6.92 Å². The maximum atomic E-state index is 12.2. The number of nitriles is 1. The predicted molar refractivity (Wildman–Crippen MR) is 93.5 cm³/mol. The van der Waals surface area contributed by atoms with Gasteiger partial charge in [-0.15, -0.1) is 11.3 Å². The van der Waals surface area contributed by atoms with Gasteiger partial charge in [-0.05, 0) is 40.5 Å². The molecule has 0 bridgehead atoms. The number of carbonyl (C=O) groups is 1. The molecule has 2 aromatic rings. The van der Waals surface area contributed by atoms with E-state index in [1.54, 1.807) is 19.1 Å². The Labute approximate surface area is 149 Å². The Bertz CT molecular complexity index is 901. The Morgan fingerprint density at radius 2 is 2.21 bits per heavy atom. The Kier molecular flexibility index (Phi) is 4.42. The second kappa shape index (κ2) is 6.51. The summed E-state index contributed by atoms with van der Waals surface area (Å²) in [4.78, 5) is 12.5. The van der Waals surface area contributed by atoms with Crippen molar-refractivity contribution in [3.63, 3.8) is 0 Å². The lowest BCUT2D eigenvalue weighted by molar-refractivity contribution is 0.0958. The van der Waals surface area contributed by atoms with Gasteiger partial charge in [0.25, 0.3) is 5.91 Å². The lowest BCUT2D eigenvalue weighted by Crippen LogP contribution is -2.17.